The van der Waals surface area contributed by atoms with Crippen LogP contribution >= 0.6 is 11.6 Å². The van der Waals surface area contributed by atoms with E-state index >= 15 is 0 Å². The van der Waals surface area contributed by atoms with Gasteiger partial charge in [0.2, 0.25) is 5.95 Å². The standard InChI is InChI=1S/C26H21ClN6O5/c1-15-23(16(2)38-31-15)24(34)30-21-13-28-26(33(25(21)35)14-17-3-5-18(27)6-4-17)29-19-7-9-20(10-8-19)37-22-11-12-36-32-22/h3-13H,14H2,1-2H3,(H,28,29)(H,30,34). The second-order valence-corrected chi connectivity index (χ2v) is 8.69. The summed E-state index contributed by atoms with van der Waals surface area (Å²) >= 11 is 6.03. The highest BCUT2D eigenvalue weighted by Gasteiger charge is 2.20. The number of halogens is 1. The molecule has 0 saturated carbocycles. The molecule has 38 heavy (non-hydrogen) atoms. The fraction of sp³-hybridized carbons (Fsp3) is 0.115. The Morgan fingerprint density at radius 3 is 2.47 bits per heavy atom. The van der Waals surface area contributed by atoms with Gasteiger partial charge in [-0.05, 0) is 61.0 Å². The van der Waals surface area contributed by atoms with Crippen molar-refractivity contribution in [3.8, 4) is 11.6 Å². The van der Waals surface area contributed by atoms with E-state index in [9.17, 15) is 9.59 Å². The van der Waals surface area contributed by atoms with Crippen molar-refractivity contribution >= 4 is 34.8 Å². The summed E-state index contributed by atoms with van der Waals surface area (Å²) in [4.78, 5) is 30.8. The zero-order valence-corrected chi connectivity index (χ0v) is 21.0. The largest absolute Gasteiger partial charge is 0.436 e. The van der Waals surface area contributed by atoms with E-state index < -0.39 is 11.5 Å². The van der Waals surface area contributed by atoms with Crippen LogP contribution in [0.15, 0.2) is 80.9 Å². The van der Waals surface area contributed by atoms with Crippen LogP contribution in [0.1, 0.15) is 27.4 Å². The van der Waals surface area contributed by atoms with E-state index in [1.54, 1.807) is 56.3 Å². The van der Waals surface area contributed by atoms with Crippen LogP contribution in [0.25, 0.3) is 0 Å². The summed E-state index contributed by atoms with van der Waals surface area (Å²) in [6.07, 6.45) is 2.72. The highest BCUT2D eigenvalue weighted by atomic mass is 35.5. The maximum absolute atomic E-state index is 13.5. The zero-order valence-electron chi connectivity index (χ0n) is 20.3. The third kappa shape index (κ3) is 5.42. The van der Waals surface area contributed by atoms with Crippen LogP contribution < -0.4 is 20.9 Å². The van der Waals surface area contributed by atoms with Crippen molar-refractivity contribution < 1.29 is 18.6 Å². The van der Waals surface area contributed by atoms with Gasteiger partial charge in [-0.1, -0.05) is 28.9 Å². The number of ether oxygens (including phenoxy) is 1. The summed E-state index contributed by atoms with van der Waals surface area (Å²) in [5.41, 5.74) is 1.70. The summed E-state index contributed by atoms with van der Waals surface area (Å²) in [6.45, 7) is 3.45. The normalized spacial score (nSPS) is 10.8. The molecule has 5 aromatic rings. The molecule has 2 aromatic carbocycles. The first-order valence-electron chi connectivity index (χ1n) is 11.4. The van der Waals surface area contributed by atoms with Gasteiger partial charge in [0.15, 0.2) is 0 Å². The second kappa shape index (κ2) is 10.6. The van der Waals surface area contributed by atoms with Crippen LogP contribution in [-0.4, -0.2) is 25.8 Å². The predicted molar refractivity (Wildman–Crippen MR) is 139 cm³/mol. The highest BCUT2D eigenvalue weighted by Crippen LogP contribution is 2.24. The molecule has 12 heteroatoms. The Hall–Kier alpha value is -4.90. The molecule has 0 aliphatic heterocycles. The van der Waals surface area contributed by atoms with Gasteiger partial charge < -0.3 is 24.4 Å². The first-order chi connectivity index (χ1) is 18.4. The lowest BCUT2D eigenvalue weighted by Crippen LogP contribution is -2.29. The third-order valence-electron chi connectivity index (χ3n) is 5.56. The molecule has 5 rings (SSSR count). The number of aromatic nitrogens is 4. The molecule has 0 bridgehead atoms. The third-order valence-corrected chi connectivity index (χ3v) is 5.81. The van der Waals surface area contributed by atoms with Crippen molar-refractivity contribution in [3.63, 3.8) is 0 Å². The zero-order chi connectivity index (χ0) is 26.6. The van der Waals surface area contributed by atoms with Gasteiger partial charge in [0.05, 0.1) is 18.4 Å². The summed E-state index contributed by atoms with van der Waals surface area (Å²) < 4.78 is 16.9. The van der Waals surface area contributed by atoms with E-state index in [4.69, 9.17) is 25.4 Å². The van der Waals surface area contributed by atoms with Gasteiger partial charge in [-0.2, -0.15) is 0 Å². The van der Waals surface area contributed by atoms with Crippen molar-refractivity contribution in [1.82, 2.24) is 19.9 Å². The minimum absolute atomic E-state index is 0.00544. The van der Waals surface area contributed by atoms with Crippen LogP contribution in [0.5, 0.6) is 11.6 Å². The molecule has 3 aromatic heterocycles. The topological polar surface area (TPSA) is 137 Å². The van der Waals surface area contributed by atoms with Crippen molar-refractivity contribution in [2.24, 2.45) is 0 Å². The molecular formula is C26H21ClN6O5. The van der Waals surface area contributed by atoms with Crippen molar-refractivity contribution in [1.29, 1.82) is 0 Å². The fourth-order valence-corrected chi connectivity index (χ4v) is 3.82. The number of benzene rings is 2. The molecule has 0 radical (unpaired) electrons. The lowest BCUT2D eigenvalue weighted by molar-refractivity contribution is 0.102. The van der Waals surface area contributed by atoms with Crippen molar-refractivity contribution in [2.75, 3.05) is 10.6 Å². The Bertz CT molecular complexity index is 1610. The summed E-state index contributed by atoms with van der Waals surface area (Å²) in [7, 11) is 0. The van der Waals surface area contributed by atoms with Gasteiger partial charge in [0.1, 0.15) is 29.0 Å². The Kier molecular flexibility index (Phi) is 6.92. The van der Waals surface area contributed by atoms with Crippen LogP contribution in [0.4, 0.5) is 17.3 Å². The van der Waals surface area contributed by atoms with E-state index in [1.165, 1.54) is 17.0 Å². The van der Waals surface area contributed by atoms with E-state index in [1.807, 2.05) is 12.1 Å². The first-order valence-corrected chi connectivity index (χ1v) is 11.8. The average Bonchev–Trinajstić information content (AvgIpc) is 3.54. The molecule has 0 aliphatic carbocycles. The van der Waals surface area contributed by atoms with E-state index in [0.29, 0.717) is 33.8 Å². The number of amides is 1. The van der Waals surface area contributed by atoms with Crippen LogP contribution in [0.2, 0.25) is 5.02 Å². The van der Waals surface area contributed by atoms with E-state index in [2.05, 4.69) is 25.9 Å². The van der Waals surface area contributed by atoms with Crippen LogP contribution in [0, 0.1) is 13.8 Å². The SMILES string of the molecule is Cc1noc(C)c1C(=O)Nc1cnc(Nc2ccc(Oc3ccon3)cc2)n(Cc2ccc(Cl)cc2)c1=O. The number of hydrogen-bond acceptors (Lipinski definition) is 9. The summed E-state index contributed by atoms with van der Waals surface area (Å²) in [5.74, 6) is 0.988. The number of aryl methyl sites for hydroxylation is 2. The maximum Gasteiger partial charge on any atom is 0.279 e. The fourth-order valence-electron chi connectivity index (χ4n) is 3.70. The predicted octanol–water partition coefficient (Wildman–Crippen LogP) is 5.33. The molecule has 2 N–H and O–H groups in total. The van der Waals surface area contributed by atoms with E-state index in [-0.39, 0.29) is 23.7 Å². The molecule has 0 spiro atoms. The lowest BCUT2D eigenvalue weighted by Gasteiger charge is -2.16. The molecule has 0 saturated heterocycles. The van der Waals surface area contributed by atoms with Crippen molar-refractivity contribution in [3.05, 3.63) is 105 Å². The first kappa shape index (κ1) is 24.8. The number of carbonyl (C=O) groups excluding carboxylic acids is 1. The van der Waals surface area contributed by atoms with Gasteiger partial charge in [0, 0.05) is 16.8 Å². The number of rotatable bonds is 8. The van der Waals surface area contributed by atoms with Crippen LogP contribution in [-0.2, 0) is 6.54 Å². The molecule has 0 aliphatic rings. The molecule has 192 valence electrons. The Labute approximate surface area is 221 Å². The summed E-state index contributed by atoms with van der Waals surface area (Å²) in [5, 5.41) is 13.9. The van der Waals surface area contributed by atoms with Gasteiger partial charge in [0.25, 0.3) is 17.3 Å². The molecule has 0 unspecified atom stereocenters. The molecule has 0 atom stereocenters. The number of nitrogens with one attached hydrogen (secondary N) is 2. The number of anilines is 3. The number of carbonyl (C=O) groups is 1. The Balaban J connectivity index is 1.44. The minimum atomic E-state index is -0.512. The number of nitrogens with zero attached hydrogens (tertiary/aromatic N) is 4. The Morgan fingerprint density at radius 2 is 1.82 bits per heavy atom. The highest BCUT2D eigenvalue weighted by molar-refractivity contribution is 6.30. The molecule has 11 nitrogen and oxygen atoms in total. The Morgan fingerprint density at radius 1 is 1.05 bits per heavy atom. The van der Waals surface area contributed by atoms with Crippen LogP contribution in [0.3, 0.4) is 0 Å². The maximum atomic E-state index is 13.5. The van der Waals surface area contributed by atoms with Gasteiger partial charge in [-0.15, -0.1) is 0 Å². The van der Waals surface area contributed by atoms with E-state index in [0.717, 1.165) is 5.56 Å². The molecule has 1 amide bonds. The molecule has 3 heterocycles. The molecule has 0 fully saturated rings. The van der Waals surface area contributed by atoms with Gasteiger partial charge in [-0.25, -0.2) is 4.98 Å². The lowest BCUT2D eigenvalue weighted by atomic mass is 10.2. The smallest absolute Gasteiger partial charge is 0.279 e. The quantitative estimate of drug-likeness (QED) is 0.271. The second-order valence-electron chi connectivity index (χ2n) is 8.26. The van der Waals surface area contributed by atoms with Gasteiger partial charge >= 0.3 is 0 Å². The average molecular weight is 533 g/mol. The molecular weight excluding hydrogens is 512 g/mol. The summed E-state index contributed by atoms with van der Waals surface area (Å²) in [6, 6.07) is 15.7. The van der Waals surface area contributed by atoms with Gasteiger partial charge in [-0.3, -0.25) is 14.2 Å². The van der Waals surface area contributed by atoms with Crippen molar-refractivity contribution in [2.45, 2.75) is 20.4 Å². The minimum Gasteiger partial charge on any atom is -0.436 e. The monoisotopic (exact) mass is 532 g/mol. The number of hydrogen-bond donors (Lipinski definition) is 2.